The number of aryl methyl sites for hydroxylation is 2. The quantitative estimate of drug-likeness (QED) is 0.187. The van der Waals surface area contributed by atoms with Gasteiger partial charge < -0.3 is 18.3 Å². The standard InChI is InChI=1S/2C19H16N2O2/c2*1-13-11-12-23-18(13)19-20-16-5-3-4-6-17(16)21(19)14-7-9-15(22-2)10-8-14/h2*3-12H,1-2H3. The lowest BCUT2D eigenvalue weighted by molar-refractivity contribution is 0.414. The molecule has 0 spiro atoms. The highest BCUT2D eigenvalue weighted by molar-refractivity contribution is 5.84. The monoisotopic (exact) mass is 608 g/mol. The molecule has 0 bridgehead atoms. The van der Waals surface area contributed by atoms with Crippen molar-refractivity contribution in [1.82, 2.24) is 19.1 Å². The molecule has 0 atom stereocenters. The van der Waals surface area contributed by atoms with Gasteiger partial charge in [0.15, 0.2) is 23.2 Å². The molecule has 8 nitrogen and oxygen atoms in total. The molecule has 46 heavy (non-hydrogen) atoms. The lowest BCUT2D eigenvalue weighted by Gasteiger charge is -2.09. The van der Waals surface area contributed by atoms with E-state index in [-0.39, 0.29) is 0 Å². The molecule has 0 saturated carbocycles. The van der Waals surface area contributed by atoms with Crippen molar-refractivity contribution in [3.63, 3.8) is 0 Å². The molecule has 0 aliphatic carbocycles. The van der Waals surface area contributed by atoms with Crippen molar-refractivity contribution in [3.8, 4) is 46.0 Å². The molecule has 4 aromatic carbocycles. The smallest absolute Gasteiger partial charge is 0.182 e. The van der Waals surface area contributed by atoms with E-state index in [4.69, 9.17) is 28.3 Å². The van der Waals surface area contributed by atoms with Gasteiger partial charge in [-0.3, -0.25) is 9.13 Å². The number of fused-ring (bicyclic) bond motifs is 2. The van der Waals surface area contributed by atoms with Gasteiger partial charge in [0.05, 0.1) is 48.8 Å². The Hall–Kier alpha value is -6.02. The van der Waals surface area contributed by atoms with Gasteiger partial charge in [-0.1, -0.05) is 24.3 Å². The first-order chi connectivity index (χ1) is 22.6. The molecule has 228 valence electrons. The second kappa shape index (κ2) is 12.2. The molecule has 4 heterocycles. The number of hydrogen-bond acceptors (Lipinski definition) is 6. The van der Waals surface area contributed by atoms with Crippen LogP contribution in [0.25, 0.3) is 56.6 Å². The summed E-state index contributed by atoms with van der Waals surface area (Å²) >= 11 is 0. The van der Waals surface area contributed by atoms with Gasteiger partial charge in [-0.25, -0.2) is 9.97 Å². The summed E-state index contributed by atoms with van der Waals surface area (Å²) in [5.41, 5.74) is 8.14. The average molecular weight is 609 g/mol. The molecule has 0 fully saturated rings. The van der Waals surface area contributed by atoms with Crippen molar-refractivity contribution in [2.75, 3.05) is 14.2 Å². The maximum Gasteiger partial charge on any atom is 0.182 e. The minimum atomic E-state index is 0.789. The Morgan fingerprint density at radius 3 is 1.24 bits per heavy atom. The van der Waals surface area contributed by atoms with Gasteiger partial charge in [-0.15, -0.1) is 0 Å². The van der Waals surface area contributed by atoms with Gasteiger partial charge in [-0.2, -0.15) is 0 Å². The normalized spacial score (nSPS) is 11.0. The summed E-state index contributed by atoms with van der Waals surface area (Å²) in [6.07, 6.45) is 3.39. The van der Waals surface area contributed by atoms with Crippen LogP contribution in [0.3, 0.4) is 0 Å². The fraction of sp³-hybridized carbons (Fsp3) is 0.105. The molecule has 0 radical (unpaired) electrons. The number of methoxy groups -OCH3 is 2. The number of ether oxygens (including phenoxy) is 2. The molecule has 0 aliphatic heterocycles. The van der Waals surface area contributed by atoms with E-state index in [1.807, 2.05) is 111 Å². The molecule has 0 N–H and O–H groups in total. The van der Waals surface area contributed by atoms with Crippen LogP contribution < -0.4 is 9.47 Å². The Bertz CT molecular complexity index is 2090. The van der Waals surface area contributed by atoms with Crippen LogP contribution in [-0.2, 0) is 0 Å². The zero-order valence-electron chi connectivity index (χ0n) is 26.0. The van der Waals surface area contributed by atoms with Crippen LogP contribution in [0.5, 0.6) is 11.5 Å². The first kappa shape index (κ1) is 28.7. The van der Waals surface area contributed by atoms with E-state index < -0.39 is 0 Å². The Kier molecular flexibility index (Phi) is 7.60. The summed E-state index contributed by atoms with van der Waals surface area (Å²) in [6.45, 7) is 4.05. The van der Waals surface area contributed by atoms with Crippen LogP contribution in [0.1, 0.15) is 11.1 Å². The topological polar surface area (TPSA) is 80.4 Å². The number of imidazole rings is 2. The molecule has 4 aromatic heterocycles. The van der Waals surface area contributed by atoms with Crippen molar-refractivity contribution < 1.29 is 18.3 Å². The number of rotatable bonds is 6. The van der Waals surface area contributed by atoms with Crippen molar-refractivity contribution in [3.05, 3.63) is 133 Å². The zero-order valence-corrected chi connectivity index (χ0v) is 26.0. The third kappa shape index (κ3) is 5.20. The summed E-state index contributed by atoms with van der Waals surface area (Å²) in [4.78, 5) is 9.55. The zero-order chi connectivity index (χ0) is 31.6. The number of nitrogens with zero attached hydrogens (tertiary/aromatic N) is 4. The lowest BCUT2D eigenvalue weighted by atomic mass is 10.2. The van der Waals surface area contributed by atoms with Gasteiger partial charge >= 0.3 is 0 Å². The van der Waals surface area contributed by atoms with E-state index in [0.29, 0.717) is 0 Å². The van der Waals surface area contributed by atoms with E-state index in [0.717, 1.165) is 79.2 Å². The molecule has 0 unspecified atom stereocenters. The highest BCUT2D eigenvalue weighted by atomic mass is 16.5. The second-order valence-electron chi connectivity index (χ2n) is 10.8. The van der Waals surface area contributed by atoms with Gasteiger partial charge in [0.1, 0.15) is 11.5 Å². The highest BCUT2D eigenvalue weighted by Crippen LogP contribution is 2.33. The number of hydrogen-bond donors (Lipinski definition) is 0. The maximum absolute atomic E-state index is 5.68. The number of para-hydroxylation sites is 4. The van der Waals surface area contributed by atoms with Crippen molar-refractivity contribution >= 4 is 22.1 Å². The third-order valence-corrected chi connectivity index (χ3v) is 7.91. The third-order valence-electron chi connectivity index (χ3n) is 7.91. The first-order valence-electron chi connectivity index (χ1n) is 14.9. The minimum absolute atomic E-state index is 0.789. The summed E-state index contributed by atoms with van der Waals surface area (Å²) in [5, 5.41) is 0. The Labute approximate surface area is 266 Å². The maximum atomic E-state index is 5.68. The molecule has 0 amide bonds. The highest BCUT2D eigenvalue weighted by Gasteiger charge is 2.19. The van der Waals surface area contributed by atoms with Crippen LogP contribution in [0, 0.1) is 13.8 Å². The van der Waals surface area contributed by atoms with Crippen LogP contribution in [0.2, 0.25) is 0 Å². The molecule has 8 heteroatoms. The van der Waals surface area contributed by atoms with E-state index in [2.05, 4.69) is 21.3 Å². The van der Waals surface area contributed by atoms with Crippen molar-refractivity contribution in [2.24, 2.45) is 0 Å². The van der Waals surface area contributed by atoms with E-state index in [9.17, 15) is 0 Å². The summed E-state index contributed by atoms with van der Waals surface area (Å²) < 4.78 is 26.1. The summed E-state index contributed by atoms with van der Waals surface area (Å²) in [6, 6.07) is 36.0. The molecule has 8 aromatic rings. The largest absolute Gasteiger partial charge is 0.497 e. The van der Waals surface area contributed by atoms with Gasteiger partial charge in [-0.05, 0) is 110 Å². The second-order valence-corrected chi connectivity index (χ2v) is 10.8. The molecule has 0 aliphatic rings. The summed E-state index contributed by atoms with van der Waals surface area (Å²) in [5.74, 6) is 4.84. The first-order valence-corrected chi connectivity index (χ1v) is 14.9. The van der Waals surface area contributed by atoms with E-state index >= 15 is 0 Å². The van der Waals surface area contributed by atoms with Crippen molar-refractivity contribution in [1.29, 1.82) is 0 Å². The van der Waals surface area contributed by atoms with Crippen molar-refractivity contribution in [2.45, 2.75) is 13.8 Å². The molecular formula is C38H32N4O4. The van der Waals surface area contributed by atoms with Crippen LogP contribution in [0.4, 0.5) is 0 Å². The Morgan fingerprint density at radius 1 is 0.500 bits per heavy atom. The molecule has 8 rings (SSSR count). The van der Waals surface area contributed by atoms with Gasteiger partial charge in [0, 0.05) is 11.4 Å². The van der Waals surface area contributed by atoms with Gasteiger partial charge in [0.25, 0.3) is 0 Å². The lowest BCUT2D eigenvalue weighted by Crippen LogP contribution is -1.97. The number of benzene rings is 4. The average Bonchev–Trinajstić information content (AvgIpc) is 3.89. The minimum Gasteiger partial charge on any atom is -0.497 e. The fourth-order valence-corrected chi connectivity index (χ4v) is 5.55. The van der Waals surface area contributed by atoms with Gasteiger partial charge in [0.2, 0.25) is 0 Å². The Morgan fingerprint density at radius 2 is 0.891 bits per heavy atom. The van der Waals surface area contributed by atoms with Crippen LogP contribution in [-0.4, -0.2) is 33.3 Å². The van der Waals surface area contributed by atoms with E-state index in [1.165, 1.54) is 0 Å². The number of furan rings is 2. The fourth-order valence-electron chi connectivity index (χ4n) is 5.55. The Balaban J connectivity index is 0.000000147. The SMILES string of the molecule is COc1ccc(-n2c(-c3occc3C)nc3ccccc32)cc1.COc1ccc(-n2c(-c3occc3C)nc3ccccc32)cc1. The number of aromatic nitrogens is 4. The molecule has 0 saturated heterocycles. The van der Waals surface area contributed by atoms with E-state index in [1.54, 1.807) is 26.7 Å². The van der Waals surface area contributed by atoms with Crippen LogP contribution >= 0.6 is 0 Å². The predicted octanol–water partition coefficient (Wildman–Crippen LogP) is 9.21. The summed E-state index contributed by atoms with van der Waals surface area (Å²) in [7, 11) is 3.33. The predicted molar refractivity (Wildman–Crippen MR) is 180 cm³/mol. The molecular weight excluding hydrogens is 576 g/mol. The van der Waals surface area contributed by atoms with Crippen LogP contribution in [0.15, 0.2) is 131 Å².